The molecule has 0 saturated carbocycles. The molecule has 2 heteroatoms. The number of nitrogens with one attached hydrogen (secondary N) is 1. The maximum Gasteiger partial charge on any atom is 0.126 e. The molecule has 1 aromatic heterocycles. The third-order valence-corrected chi connectivity index (χ3v) is 2.55. The van der Waals surface area contributed by atoms with E-state index in [4.69, 9.17) is 0 Å². The summed E-state index contributed by atoms with van der Waals surface area (Å²) in [6.45, 7) is 4.14. The second kappa shape index (κ2) is 4.79. The Morgan fingerprint density at radius 2 is 1.75 bits per heavy atom. The fraction of sp³-hybridized carbons (Fsp3) is 0.214. The molecule has 1 heterocycles. The molecule has 0 spiro atoms. The molecule has 2 nitrogen and oxygen atoms in total. The fourth-order valence-electron chi connectivity index (χ4n) is 1.67. The smallest absolute Gasteiger partial charge is 0.126 e. The number of hydrogen-bond donors (Lipinski definition) is 1. The number of aryl methyl sites for hydroxylation is 1. The normalized spacial score (nSPS) is 12.1. The van der Waals surface area contributed by atoms with Crippen LogP contribution in [0.2, 0.25) is 0 Å². The van der Waals surface area contributed by atoms with Gasteiger partial charge in [-0.2, -0.15) is 0 Å². The van der Waals surface area contributed by atoms with Gasteiger partial charge in [-0.1, -0.05) is 36.4 Å². The molecule has 82 valence electrons. The number of nitrogens with zero attached hydrogens (tertiary/aromatic N) is 1. The van der Waals surface area contributed by atoms with Gasteiger partial charge in [0.1, 0.15) is 5.82 Å². The minimum Gasteiger partial charge on any atom is -0.364 e. The molecule has 1 atom stereocenters. The third-order valence-electron chi connectivity index (χ3n) is 2.55. The van der Waals surface area contributed by atoms with Crippen LogP contribution < -0.4 is 5.32 Å². The van der Waals surface area contributed by atoms with Crippen LogP contribution >= 0.6 is 0 Å². The predicted octanol–water partition coefficient (Wildman–Crippen LogP) is 3.56. The number of benzene rings is 1. The van der Waals surface area contributed by atoms with Crippen molar-refractivity contribution in [3.63, 3.8) is 0 Å². The van der Waals surface area contributed by atoms with Gasteiger partial charge in [-0.15, -0.1) is 0 Å². The third kappa shape index (κ3) is 2.60. The zero-order valence-electron chi connectivity index (χ0n) is 9.64. The van der Waals surface area contributed by atoms with E-state index >= 15 is 0 Å². The molecule has 0 unspecified atom stereocenters. The molecule has 1 N–H and O–H groups in total. The lowest BCUT2D eigenvalue weighted by Gasteiger charge is -2.14. The first-order chi connectivity index (χ1) is 7.75. The van der Waals surface area contributed by atoms with Gasteiger partial charge in [0.25, 0.3) is 0 Å². The van der Waals surface area contributed by atoms with Crippen LogP contribution in [0.4, 0.5) is 5.82 Å². The summed E-state index contributed by atoms with van der Waals surface area (Å²) in [5.74, 6) is 0.927. The highest BCUT2D eigenvalue weighted by molar-refractivity contribution is 5.38. The summed E-state index contributed by atoms with van der Waals surface area (Å²) in [6, 6.07) is 16.7. The number of aromatic nitrogens is 1. The van der Waals surface area contributed by atoms with Gasteiger partial charge in [0.05, 0.1) is 0 Å². The Labute approximate surface area is 96.4 Å². The first-order valence-corrected chi connectivity index (χ1v) is 5.51. The number of rotatable bonds is 3. The van der Waals surface area contributed by atoms with Gasteiger partial charge in [-0.05, 0) is 31.5 Å². The molecule has 0 aliphatic carbocycles. The van der Waals surface area contributed by atoms with Gasteiger partial charge in [0.15, 0.2) is 0 Å². The van der Waals surface area contributed by atoms with Crippen LogP contribution in [0.15, 0.2) is 48.5 Å². The molecule has 0 radical (unpaired) electrons. The van der Waals surface area contributed by atoms with Crippen molar-refractivity contribution in [2.75, 3.05) is 5.32 Å². The molecule has 2 rings (SSSR count). The van der Waals surface area contributed by atoms with Gasteiger partial charge in [-0.25, -0.2) is 4.98 Å². The molecule has 1 aromatic carbocycles. The molecule has 16 heavy (non-hydrogen) atoms. The predicted molar refractivity (Wildman–Crippen MR) is 67.5 cm³/mol. The molecule has 0 fully saturated rings. The van der Waals surface area contributed by atoms with Crippen LogP contribution in [0.1, 0.15) is 24.2 Å². The second-order valence-electron chi connectivity index (χ2n) is 3.94. The minimum atomic E-state index is 0.274. The summed E-state index contributed by atoms with van der Waals surface area (Å²) in [7, 11) is 0. The van der Waals surface area contributed by atoms with Gasteiger partial charge < -0.3 is 5.32 Å². The molecule has 2 aromatic rings. The first kappa shape index (κ1) is 10.7. The average molecular weight is 212 g/mol. The van der Waals surface area contributed by atoms with E-state index in [9.17, 15) is 0 Å². The number of pyridine rings is 1. The fourth-order valence-corrected chi connectivity index (χ4v) is 1.67. The molecule has 0 aliphatic rings. The van der Waals surface area contributed by atoms with Crippen molar-refractivity contribution in [1.29, 1.82) is 0 Å². The Hall–Kier alpha value is -1.83. The van der Waals surface area contributed by atoms with E-state index in [-0.39, 0.29) is 6.04 Å². The van der Waals surface area contributed by atoms with Crippen LogP contribution in [0.3, 0.4) is 0 Å². The van der Waals surface area contributed by atoms with Gasteiger partial charge in [0, 0.05) is 11.7 Å². The summed E-state index contributed by atoms with van der Waals surface area (Å²) in [5.41, 5.74) is 2.30. The van der Waals surface area contributed by atoms with Gasteiger partial charge in [-0.3, -0.25) is 0 Å². The zero-order chi connectivity index (χ0) is 11.4. The topological polar surface area (TPSA) is 24.9 Å². The van der Waals surface area contributed by atoms with Crippen LogP contribution in [0.25, 0.3) is 0 Å². The summed E-state index contributed by atoms with van der Waals surface area (Å²) in [6.07, 6.45) is 0. The molecule has 0 saturated heterocycles. The van der Waals surface area contributed by atoms with Crippen molar-refractivity contribution in [3.8, 4) is 0 Å². The van der Waals surface area contributed by atoms with E-state index in [0.29, 0.717) is 0 Å². The Bertz CT molecular complexity index is 451. The zero-order valence-corrected chi connectivity index (χ0v) is 9.64. The highest BCUT2D eigenvalue weighted by Gasteiger charge is 2.04. The summed E-state index contributed by atoms with van der Waals surface area (Å²) in [5, 5.41) is 3.39. The summed E-state index contributed by atoms with van der Waals surface area (Å²) in [4.78, 5) is 4.43. The lowest BCUT2D eigenvalue weighted by atomic mass is 10.1. The average Bonchev–Trinajstić information content (AvgIpc) is 2.30. The van der Waals surface area contributed by atoms with Crippen molar-refractivity contribution in [3.05, 3.63) is 59.8 Å². The summed E-state index contributed by atoms with van der Waals surface area (Å²) < 4.78 is 0. The van der Waals surface area contributed by atoms with E-state index in [1.54, 1.807) is 0 Å². The Kier molecular flexibility index (Phi) is 3.20. The van der Waals surface area contributed by atoms with E-state index in [0.717, 1.165) is 11.5 Å². The van der Waals surface area contributed by atoms with Crippen molar-refractivity contribution >= 4 is 5.82 Å². The quantitative estimate of drug-likeness (QED) is 0.841. The monoisotopic (exact) mass is 212 g/mol. The number of anilines is 1. The standard InChI is InChI=1S/C14H16N2/c1-11-7-6-10-14(15-11)16-12(2)13-8-4-3-5-9-13/h3-10,12H,1-2H3,(H,15,16)/t12-/m0/s1. The highest BCUT2D eigenvalue weighted by Crippen LogP contribution is 2.17. The number of hydrogen-bond acceptors (Lipinski definition) is 2. The minimum absolute atomic E-state index is 0.274. The van der Waals surface area contributed by atoms with Crippen molar-refractivity contribution in [1.82, 2.24) is 4.98 Å². The van der Waals surface area contributed by atoms with Crippen LogP contribution in [0, 0.1) is 6.92 Å². The van der Waals surface area contributed by atoms with Gasteiger partial charge >= 0.3 is 0 Å². The van der Waals surface area contributed by atoms with Gasteiger partial charge in [0.2, 0.25) is 0 Å². The molecule has 0 aliphatic heterocycles. The summed E-state index contributed by atoms with van der Waals surface area (Å²) >= 11 is 0. The maximum absolute atomic E-state index is 4.43. The highest BCUT2D eigenvalue weighted by atomic mass is 15.0. The Morgan fingerprint density at radius 3 is 2.44 bits per heavy atom. The van der Waals surface area contributed by atoms with E-state index < -0.39 is 0 Å². The van der Waals surface area contributed by atoms with E-state index in [1.165, 1.54) is 5.56 Å². The van der Waals surface area contributed by atoms with Crippen LogP contribution in [-0.4, -0.2) is 4.98 Å². The molecular weight excluding hydrogens is 196 g/mol. The molecule has 0 amide bonds. The Balaban J connectivity index is 2.11. The van der Waals surface area contributed by atoms with Crippen molar-refractivity contribution in [2.24, 2.45) is 0 Å². The SMILES string of the molecule is Cc1cccc(N[C@@H](C)c2ccccc2)n1. The van der Waals surface area contributed by atoms with E-state index in [2.05, 4.69) is 41.5 Å². The van der Waals surface area contributed by atoms with Crippen molar-refractivity contribution in [2.45, 2.75) is 19.9 Å². The maximum atomic E-state index is 4.43. The molecule has 0 bridgehead atoms. The lowest BCUT2D eigenvalue weighted by molar-refractivity contribution is 0.872. The van der Waals surface area contributed by atoms with E-state index in [1.807, 2.05) is 31.2 Å². The molecular formula is C14H16N2. The Morgan fingerprint density at radius 1 is 1.00 bits per heavy atom. The van der Waals surface area contributed by atoms with Crippen LogP contribution in [0.5, 0.6) is 0 Å². The second-order valence-corrected chi connectivity index (χ2v) is 3.94. The largest absolute Gasteiger partial charge is 0.364 e. The van der Waals surface area contributed by atoms with Crippen molar-refractivity contribution < 1.29 is 0 Å². The lowest BCUT2D eigenvalue weighted by Crippen LogP contribution is -2.07. The first-order valence-electron chi connectivity index (χ1n) is 5.51. The van der Waals surface area contributed by atoms with Crippen LogP contribution in [-0.2, 0) is 0 Å².